The molecule has 0 aliphatic carbocycles. The van der Waals surface area contributed by atoms with E-state index < -0.39 is 0 Å². The van der Waals surface area contributed by atoms with Crippen molar-refractivity contribution < 1.29 is 9.18 Å². The Kier molecular flexibility index (Phi) is 6.86. The first-order chi connectivity index (χ1) is 17.4. The van der Waals surface area contributed by atoms with Crippen LogP contribution in [0.5, 0.6) is 0 Å². The Balaban J connectivity index is 1.39. The Hall–Kier alpha value is -3.53. The first kappa shape index (κ1) is 24.2. The lowest BCUT2D eigenvalue weighted by atomic mass is 10.2. The molecule has 36 heavy (non-hydrogen) atoms. The summed E-state index contributed by atoms with van der Waals surface area (Å²) in [4.78, 5) is 35.2. The molecule has 1 amide bonds. The summed E-state index contributed by atoms with van der Waals surface area (Å²) in [5.74, 6) is -0.611. The number of carbonyl (C=O) groups excluding carboxylic acids is 1. The number of hydrogen-bond donors (Lipinski definition) is 1. The van der Waals surface area contributed by atoms with Gasteiger partial charge in [0.1, 0.15) is 5.82 Å². The highest BCUT2D eigenvalue weighted by atomic mass is 35.5. The molecule has 3 aromatic carbocycles. The summed E-state index contributed by atoms with van der Waals surface area (Å²) in [5, 5.41) is 6.37. The largest absolute Gasteiger partial charge is 0.301 e. The summed E-state index contributed by atoms with van der Waals surface area (Å²) in [6, 6.07) is 18.4. The lowest BCUT2D eigenvalue weighted by molar-refractivity contribution is -0.113. The average Bonchev–Trinajstić information content (AvgIpc) is 3.33. The second kappa shape index (κ2) is 10.2. The highest BCUT2D eigenvalue weighted by molar-refractivity contribution is 7.99. The fourth-order valence-corrected chi connectivity index (χ4v) is 5.25. The molecule has 2 heterocycles. The monoisotopic (exact) mass is 536 g/mol. The number of fused-ring (bicyclic) bond motifs is 1. The van der Waals surface area contributed by atoms with Crippen molar-refractivity contribution in [2.75, 3.05) is 11.1 Å². The van der Waals surface area contributed by atoms with Crippen LogP contribution < -0.4 is 10.9 Å². The van der Waals surface area contributed by atoms with Crippen LogP contribution >= 0.6 is 34.7 Å². The maximum Gasteiger partial charge on any atom is 0.266 e. The van der Waals surface area contributed by atoms with E-state index in [-0.39, 0.29) is 23.0 Å². The van der Waals surface area contributed by atoms with Crippen LogP contribution in [0.2, 0.25) is 5.02 Å². The summed E-state index contributed by atoms with van der Waals surface area (Å²) in [6.07, 6.45) is 0. The van der Waals surface area contributed by atoms with Gasteiger partial charge in [-0.05, 0) is 61.0 Å². The topological polar surface area (TPSA) is 76.9 Å². The number of thiazole rings is 1. The van der Waals surface area contributed by atoms with Gasteiger partial charge in [-0.25, -0.2) is 14.4 Å². The minimum Gasteiger partial charge on any atom is -0.301 e. The molecule has 5 rings (SSSR count). The normalized spacial score (nSPS) is 11.1. The van der Waals surface area contributed by atoms with Gasteiger partial charge in [0.05, 0.1) is 28.0 Å². The number of anilines is 1. The number of amides is 1. The maximum absolute atomic E-state index is 13.4. The molecule has 0 spiro atoms. The van der Waals surface area contributed by atoms with Crippen molar-refractivity contribution in [3.63, 3.8) is 0 Å². The Morgan fingerprint density at radius 3 is 2.67 bits per heavy atom. The fourth-order valence-electron chi connectivity index (χ4n) is 3.53. The Labute approximate surface area is 218 Å². The number of halogens is 2. The van der Waals surface area contributed by atoms with Crippen LogP contribution in [0.15, 0.2) is 82.1 Å². The van der Waals surface area contributed by atoms with E-state index in [0.29, 0.717) is 37.6 Å². The molecule has 6 nitrogen and oxygen atoms in total. The summed E-state index contributed by atoms with van der Waals surface area (Å²) in [6.45, 7) is 1.88. The van der Waals surface area contributed by atoms with E-state index >= 15 is 0 Å². The van der Waals surface area contributed by atoms with Crippen molar-refractivity contribution in [1.29, 1.82) is 0 Å². The summed E-state index contributed by atoms with van der Waals surface area (Å²) in [7, 11) is 0. The average molecular weight is 537 g/mol. The number of para-hydroxylation sites is 1. The molecule has 0 radical (unpaired) electrons. The van der Waals surface area contributed by atoms with E-state index in [1.807, 2.05) is 19.1 Å². The van der Waals surface area contributed by atoms with Crippen LogP contribution in [0.3, 0.4) is 0 Å². The van der Waals surface area contributed by atoms with E-state index in [1.54, 1.807) is 47.8 Å². The number of aromatic nitrogens is 3. The molecule has 0 bridgehead atoms. The van der Waals surface area contributed by atoms with E-state index in [1.165, 1.54) is 28.0 Å². The molecule has 0 fully saturated rings. The Morgan fingerprint density at radius 1 is 1.11 bits per heavy atom. The highest BCUT2D eigenvalue weighted by Gasteiger charge is 2.16. The van der Waals surface area contributed by atoms with Crippen molar-refractivity contribution in [2.24, 2.45) is 0 Å². The van der Waals surface area contributed by atoms with Crippen molar-refractivity contribution in [3.05, 3.63) is 98.9 Å². The van der Waals surface area contributed by atoms with Gasteiger partial charge >= 0.3 is 0 Å². The maximum atomic E-state index is 13.4. The second-order valence-electron chi connectivity index (χ2n) is 7.87. The van der Waals surface area contributed by atoms with E-state index in [2.05, 4.69) is 15.3 Å². The molecule has 0 saturated carbocycles. The molecule has 1 N–H and O–H groups in total. The quantitative estimate of drug-likeness (QED) is 0.202. The van der Waals surface area contributed by atoms with Crippen LogP contribution in [0.4, 0.5) is 9.52 Å². The molecular weight excluding hydrogens is 519 g/mol. The van der Waals surface area contributed by atoms with Crippen LogP contribution in [-0.2, 0) is 4.79 Å². The van der Waals surface area contributed by atoms with Gasteiger partial charge in [0.15, 0.2) is 10.3 Å². The van der Waals surface area contributed by atoms with Gasteiger partial charge in [-0.15, -0.1) is 11.3 Å². The summed E-state index contributed by atoms with van der Waals surface area (Å²) in [5.41, 5.74) is 3.16. The lowest BCUT2D eigenvalue weighted by Crippen LogP contribution is -2.23. The first-order valence-electron chi connectivity index (χ1n) is 10.8. The zero-order valence-corrected chi connectivity index (χ0v) is 21.3. The molecule has 0 aliphatic rings. The predicted molar refractivity (Wildman–Crippen MR) is 144 cm³/mol. The fraction of sp³-hybridized carbons (Fsp3) is 0.0769. The van der Waals surface area contributed by atoms with Crippen LogP contribution in [-0.4, -0.2) is 26.2 Å². The van der Waals surface area contributed by atoms with Crippen molar-refractivity contribution in [1.82, 2.24) is 14.5 Å². The SMILES string of the molecule is Cc1ccc(-n2c(SCC(=O)Nc3nc(-c4ccc(F)cc4)cs3)nc3ccccc3c2=O)cc1Cl. The van der Waals surface area contributed by atoms with Crippen LogP contribution in [0.1, 0.15) is 5.56 Å². The highest BCUT2D eigenvalue weighted by Crippen LogP contribution is 2.27. The molecule has 0 atom stereocenters. The van der Waals surface area contributed by atoms with Gasteiger partial charge in [-0.1, -0.05) is 41.6 Å². The minimum absolute atomic E-state index is 0.00976. The lowest BCUT2D eigenvalue weighted by Gasteiger charge is -2.14. The first-order valence-corrected chi connectivity index (χ1v) is 13.1. The molecular formula is C26H18ClFN4O2S2. The number of aryl methyl sites for hydroxylation is 1. The minimum atomic E-state index is -0.326. The van der Waals surface area contributed by atoms with Gasteiger partial charge in [0.2, 0.25) is 5.91 Å². The third kappa shape index (κ3) is 5.04. The summed E-state index contributed by atoms with van der Waals surface area (Å²) < 4.78 is 14.7. The van der Waals surface area contributed by atoms with Crippen molar-refractivity contribution in [2.45, 2.75) is 12.1 Å². The van der Waals surface area contributed by atoms with Crippen molar-refractivity contribution >= 4 is 56.6 Å². The van der Waals surface area contributed by atoms with Gasteiger partial charge < -0.3 is 5.32 Å². The standard InChI is InChI=1S/C26H18ClFN4O2S2/c1-15-6-11-18(12-20(15)27)32-24(34)19-4-2-3-5-21(19)30-26(32)36-14-23(33)31-25-29-22(13-35-25)16-7-9-17(28)10-8-16/h2-13H,14H2,1H3,(H,29,31,33). The van der Waals surface area contributed by atoms with Crippen molar-refractivity contribution in [3.8, 4) is 16.9 Å². The third-order valence-electron chi connectivity index (χ3n) is 5.38. The van der Waals surface area contributed by atoms with E-state index in [4.69, 9.17) is 11.6 Å². The molecule has 180 valence electrons. The second-order valence-corrected chi connectivity index (χ2v) is 10.1. The molecule has 0 saturated heterocycles. The summed E-state index contributed by atoms with van der Waals surface area (Å²) >= 11 is 8.75. The number of nitrogens with zero attached hydrogens (tertiary/aromatic N) is 3. The van der Waals surface area contributed by atoms with Gasteiger partial charge in [-0.3, -0.25) is 14.2 Å². The third-order valence-corrected chi connectivity index (χ3v) is 7.48. The van der Waals surface area contributed by atoms with E-state index in [9.17, 15) is 14.0 Å². The molecule has 5 aromatic rings. The molecule has 0 unspecified atom stereocenters. The molecule has 10 heteroatoms. The number of benzene rings is 3. The number of nitrogens with one attached hydrogen (secondary N) is 1. The Bertz CT molecular complexity index is 1650. The van der Waals surface area contributed by atoms with Gasteiger partial charge in [0.25, 0.3) is 5.56 Å². The molecule has 2 aromatic heterocycles. The van der Waals surface area contributed by atoms with Gasteiger partial charge in [0, 0.05) is 16.0 Å². The zero-order valence-electron chi connectivity index (χ0n) is 18.9. The smallest absolute Gasteiger partial charge is 0.266 e. The number of thioether (sulfide) groups is 1. The number of carbonyl (C=O) groups is 1. The van der Waals surface area contributed by atoms with Crippen LogP contribution in [0.25, 0.3) is 27.8 Å². The van der Waals surface area contributed by atoms with Gasteiger partial charge in [-0.2, -0.15) is 0 Å². The molecule has 0 aliphatic heterocycles. The zero-order chi connectivity index (χ0) is 25.2. The number of hydrogen-bond acceptors (Lipinski definition) is 6. The Morgan fingerprint density at radius 2 is 1.89 bits per heavy atom. The number of rotatable bonds is 6. The van der Waals surface area contributed by atoms with E-state index in [0.717, 1.165) is 22.9 Å². The van der Waals surface area contributed by atoms with Crippen LogP contribution in [0, 0.1) is 12.7 Å². The predicted octanol–water partition coefficient (Wildman–Crippen LogP) is 6.34.